The van der Waals surface area contributed by atoms with Gasteiger partial charge in [0.15, 0.2) is 5.82 Å². The minimum Gasteiger partial charge on any atom is -0.379 e. The molecule has 1 aromatic rings. The molecule has 0 aromatic carbocycles. The minimum atomic E-state index is -0.0548. The zero-order valence-corrected chi connectivity index (χ0v) is 12.5. The molecule has 0 radical (unpaired) electrons. The van der Waals surface area contributed by atoms with Crippen molar-refractivity contribution in [1.82, 2.24) is 9.97 Å². The summed E-state index contributed by atoms with van der Waals surface area (Å²) >= 11 is 0. The number of hydrogen-bond acceptors (Lipinski definition) is 6. The van der Waals surface area contributed by atoms with Crippen molar-refractivity contribution in [3.8, 4) is 0 Å². The van der Waals surface area contributed by atoms with Crippen LogP contribution in [0.5, 0.6) is 0 Å². The van der Waals surface area contributed by atoms with Gasteiger partial charge >= 0.3 is 0 Å². The molecule has 0 amide bonds. The molecule has 1 aliphatic heterocycles. The van der Waals surface area contributed by atoms with Gasteiger partial charge in [0.25, 0.3) is 0 Å². The molecule has 2 rings (SSSR count). The number of aromatic nitrogens is 2. The third kappa shape index (κ3) is 4.05. The van der Waals surface area contributed by atoms with E-state index in [9.17, 15) is 0 Å². The average Bonchev–Trinajstić information content (AvgIpc) is 2.83. The van der Waals surface area contributed by atoms with Crippen LogP contribution in [0.25, 0.3) is 0 Å². The van der Waals surface area contributed by atoms with Gasteiger partial charge in [-0.25, -0.2) is 9.97 Å². The highest BCUT2D eigenvalue weighted by Crippen LogP contribution is 2.24. The van der Waals surface area contributed by atoms with Crippen molar-refractivity contribution >= 4 is 11.6 Å². The van der Waals surface area contributed by atoms with Crippen LogP contribution < -0.4 is 10.6 Å². The molecule has 6 nitrogen and oxygen atoms in total. The van der Waals surface area contributed by atoms with Crippen LogP contribution in [-0.2, 0) is 16.1 Å². The second-order valence-corrected chi connectivity index (χ2v) is 5.21. The van der Waals surface area contributed by atoms with E-state index in [1.165, 1.54) is 0 Å². The molecule has 0 aliphatic carbocycles. The SMILES string of the molecule is CCNc1cc(NC2(C)CCOC2)nc(COCC)n1. The highest BCUT2D eigenvalue weighted by atomic mass is 16.5. The monoisotopic (exact) mass is 280 g/mol. The van der Waals surface area contributed by atoms with E-state index in [4.69, 9.17) is 9.47 Å². The second kappa shape index (κ2) is 6.85. The van der Waals surface area contributed by atoms with Crippen molar-refractivity contribution < 1.29 is 9.47 Å². The van der Waals surface area contributed by atoms with Gasteiger partial charge in [-0.3, -0.25) is 0 Å². The van der Waals surface area contributed by atoms with Crippen LogP contribution >= 0.6 is 0 Å². The van der Waals surface area contributed by atoms with Gasteiger partial charge in [0.2, 0.25) is 0 Å². The number of rotatable bonds is 7. The van der Waals surface area contributed by atoms with Crippen LogP contribution in [0.4, 0.5) is 11.6 Å². The lowest BCUT2D eigenvalue weighted by atomic mass is 10.0. The van der Waals surface area contributed by atoms with Crippen molar-refractivity contribution in [3.63, 3.8) is 0 Å². The Bertz CT molecular complexity index is 433. The smallest absolute Gasteiger partial charge is 0.158 e. The molecular weight excluding hydrogens is 256 g/mol. The molecule has 1 unspecified atom stereocenters. The maximum atomic E-state index is 5.46. The van der Waals surface area contributed by atoms with Gasteiger partial charge in [-0.05, 0) is 27.2 Å². The third-order valence-electron chi connectivity index (χ3n) is 3.21. The Morgan fingerprint density at radius 2 is 2.15 bits per heavy atom. The fourth-order valence-corrected chi connectivity index (χ4v) is 2.17. The van der Waals surface area contributed by atoms with Crippen LogP contribution in [-0.4, -0.2) is 41.9 Å². The molecule has 0 spiro atoms. The number of nitrogens with one attached hydrogen (secondary N) is 2. The summed E-state index contributed by atoms with van der Waals surface area (Å²) in [6.07, 6.45) is 0.980. The molecule has 1 atom stereocenters. The zero-order valence-electron chi connectivity index (χ0n) is 12.5. The van der Waals surface area contributed by atoms with Gasteiger partial charge < -0.3 is 20.1 Å². The highest BCUT2D eigenvalue weighted by molar-refractivity contribution is 5.49. The molecule has 0 saturated carbocycles. The number of hydrogen-bond donors (Lipinski definition) is 2. The van der Waals surface area contributed by atoms with Crippen LogP contribution in [0.15, 0.2) is 6.07 Å². The van der Waals surface area contributed by atoms with Crippen LogP contribution in [0.1, 0.15) is 33.0 Å². The second-order valence-electron chi connectivity index (χ2n) is 5.21. The number of anilines is 2. The first kappa shape index (κ1) is 15.0. The van der Waals surface area contributed by atoms with Gasteiger partial charge in [0.1, 0.15) is 18.2 Å². The van der Waals surface area contributed by atoms with Gasteiger partial charge in [-0.15, -0.1) is 0 Å². The third-order valence-corrected chi connectivity index (χ3v) is 3.21. The average molecular weight is 280 g/mol. The maximum Gasteiger partial charge on any atom is 0.158 e. The molecule has 0 bridgehead atoms. The number of ether oxygens (including phenoxy) is 2. The van der Waals surface area contributed by atoms with Crippen LogP contribution in [0.3, 0.4) is 0 Å². The van der Waals surface area contributed by atoms with E-state index in [-0.39, 0.29) is 5.54 Å². The summed E-state index contributed by atoms with van der Waals surface area (Å²) in [4.78, 5) is 8.96. The van der Waals surface area contributed by atoms with Crippen molar-refractivity contribution in [3.05, 3.63) is 11.9 Å². The minimum absolute atomic E-state index is 0.0548. The molecule has 1 aliphatic rings. The van der Waals surface area contributed by atoms with E-state index < -0.39 is 0 Å². The standard InChI is InChI=1S/C14H24N4O2/c1-4-15-11-8-12(17-13(16-11)9-19-5-2)18-14(3)6-7-20-10-14/h8H,4-7,9-10H2,1-3H3,(H2,15,16,17,18). The Balaban J connectivity index is 2.14. The van der Waals surface area contributed by atoms with Gasteiger partial charge in [0, 0.05) is 25.8 Å². The summed E-state index contributed by atoms with van der Waals surface area (Å²) < 4.78 is 10.9. The molecule has 1 saturated heterocycles. The Kier molecular flexibility index (Phi) is 5.14. The van der Waals surface area contributed by atoms with Gasteiger partial charge in [-0.2, -0.15) is 0 Å². The molecule has 6 heteroatoms. The first-order valence-corrected chi connectivity index (χ1v) is 7.20. The first-order chi connectivity index (χ1) is 9.65. The predicted octanol–water partition coefficient (Wildman–Crippen LogP) is 2.04. The van der Waals surface area contributed by atoms with Crippen LogP contribution in [0.2, 0.25) is 0 Å². The largest absolute Gasteiger partial charge is 0.379 e. The summed E-state index contributed by atoms with van der Waals surface area (Å²) in [5.74, 6) is 2.33. The predicted molar refractivity (Wildman–Crippen MR) is 79.0 cm³/mol. The molecular formula is C14H24N4O2. The van der Waals surface area contributed by atoms with Crippen LogP contribution in [0, 0.1) is 0 Å². The Morgan fingerprint density at radius 3 is 2.80 bits per heavy atom. The van der Waals surface area contributed by atoms with E-state index >= 15 is 0 Å². The lowest BCUT2D eigenvalue weighted by Gasteiger charge is -2.24. The normalized spacial score (nSPS) is 21.9. The van der Waals surface area contributed by atoms with E-state index in [0.717, 1.165) is 31.2 Å². The first-order valence-electron chi connectivity index (χ1n) is 7.20. The molecule has 2 N–H and O–H groups in total. The van der Waals surface area contributed by atoms with Gasteiger partial charge in [0.05, 0.1) is 12.1 Å². The summed E-state index contributed by atoms with van der Waals surface area (Å²) in [6, 6.07) is 1.93. The summed E-state index contributed by atoms with van der Waals surface area (Å²) in [5.41, 5.74) is -0.0548. The van der Waals surface area contributed by atoms with E-state index in [1.54, 1.807) is 0 Å². The fourth-order valence-electron chi connectivity index (χ4n) is 2.17. The van der Waals surface area contributed by atoms with E-state index in [2.05, 4.69) is 27.5 Å². The van der Waals surface area contributed by atoms with E-state index in [1.807, 2.05) is 19.9 Å². The fraction of sp³-hybridized carbons (Fsp3) is 0.714. The Hall–Kier alpha value is -1.40. The highest BCUT2D eigenvalue weighted by Gasteiger charge is 2.30. The summed E-state index contributed by atoms with van der Waals surface area (Å²) in [6.45, 7) is 9.56. The van der Waals surface area contributed by atoms with Crippen molar-refractivity contribution in [2.45, 2.75) is 39.3 Å². The van der Waals surface area contributed by atoms with E-state index in [0.29, 0.717) is 25.6 Å². The van der Waals surface area contributed by atoms with Crippen molar-refractivity contribution in [1.29, 1.82) is 0 Å². The van der Waals surface area contributed by atoms with Crippen molar-refractivity contribution in [2.75, 3.05) is 37.0 Å². The molecule has 112 valence electrons. The lowest BCUT2D eigenvalue weighted by molar-refractivity contribution is 0.128. The topological polar surface area (TPSA) is 68.3 Å². The quantitative estimate of drug-likeness (QED) is 0.796. The maximum absolute atomic E-state index is 5.46. The van der Waals surface area contributed by atoms with Crippen molar-refractivity contribution in [2.24, 2.45) is 0 Å². The molecule has 1 aromatic heterocycles. The number of nitrogens with zero attached hydrogens (tertiary/aromatic N) is 2. The zero-order chi connectivity index (χ0) is 14.4. The molecule has 2 heterocycles. The summed E-state index contributed by atoms with van der Waals surface area (Å²) in [7, 11) is 0. The van der Waals surface area contributed by atoms with Gasteiger partial charge in [-0.1, -0.05) is 0 Å². The Morgan fingerprint density at radius 1 is 1.35 bits per heavy atom. The summed E-state index contributed by atoms with van der Waals surface area (Å²) in [5, 5.41) is 6.69. The lowest BCUT2D eigenvalue weighted by Crippen LogP contribution is -2.35. The molecule has 1 fully saturated rings. The Labute approximate surface area is 120 Å². The molecule has 20 heavy (non-hydrogen) atoms.